The van der Waals surface area contributed by atoms with Gasteiger partial charge >= 0.3 is 0 Å². The molecule has 0 spiro atoms. The summed E-state index contributed by atoms with van der Waals surface area (Å²) in [7, 11) is 0. The molecule has 1 aliphatic heterocycles. The first-order valence-electron chi connectivity index (χ1n) is 8.22. The number of hydrogen-bond donors (Lipinski definition) is 0. The van der Waals surface area contributed by atoms with E-state index in [0.29, 0.717) is 23.2 Å². The number of amides is 1. The minimum Gasteiger partial charge on any atom is -0.459 e. The van der Waals surface area contributed by atoms with Crippen LogP contribution in [-0.4, -0.2) is 22.7 Å². The number of anilines is 1. The van der Waals surface area contributed by atoms with Crippen molar-refractivity contribution in [1.29, 1.82) is 0 Å². The number of pyridine rings is 1. The monoisotopic (exact) mass is 379 g/mol. The number of benzene rings is 1. The number of fused-ring (bicyclic) bond motifs is 2. The van der Waals surface area contributed by atoms with Crippen LogP contribution in [0.3, 0.4) is 0 Å². The topological polar surface area (TPSA) is 77.7 Å². The highest BCUT2D eigenvalue weighted by Crippen LogP contribution is 2.40. The molecule has 1 aliphatic rings. The molecule has 0 bridgehead atoms. The zero-order valence-corrected chi connectivity index (χ0v) is 14.8. The summed E-state index contributed by atoms with van der Waals surface area (Å²) < 4.78 is 17.1. The molecular formula is C19H13N3O4S. The predicted octanol–water partition coefficient (Wildman–Crippen LogP) is 3.86. The summed E-state index contributed by atoms with van der Waals surface area (Å²) in [4.78, 5) is 23.4. The SMILES string of the molecule is O=C(c1ccco1)N(Cc1cccnc1)c1nc2cc3c(cc2s1)OCO3. The lowest BCUT2D eigenvalue weighted by Crippen LogP contribution is -2.30. The number of thiazole rings is 1. The molecule has 3 aromatic heterocycles. The molecule has 0 saturated carbocycles. The van der Waals surface area contributed by atoms with Crippen molar-refractivity contribution in [2.75, 3.05) is 11.7 Å². The van der Waals surface area contributed by atoms with Crippen LogP contribution >= 0.6 is 11.3 Å². The first-order chi connectivity index (χ1) is 13.3. The van der Waals surface area contributed by atoms with Gasteiger partial charge in [0.05, 0.1) is 23.0 Å². The van der Waals surface area contributed by atoms with Crippen LogP contribution in [0, 0.1) is 0 Å². The summed E-state index contributed by atoms with van der Waals surface area (Å²) in [5.74, 6) is 1.35. The van der Waals surface area contributed by atoms with E-state index < -0.39 is 0 Å². The second-order valence-electron chi connectivity index (χ2n) is 5.90. The Morgan fingerprint density at radius 3 is 2.85 bits per heavy atom. The zero-order chi connectivity index (χ0) is 18.2. The molecule has 0 atom stereocenters. The third-order valence-electron chi connectivity index (χ3n) is 4.14. The van der Waals surface area contributed by atoms with Gasteiger partial charge in [-0.25, -0.2) is 4.98 Å². The Kier molecular flexibility index (Phi) is 3.75. The number of furan rings is 1. The number of nitrogens with zero attached hydrogens (tertiary/aromatic N) is 3. The molecule has 1 amide bonds. The average molecular weight is 379 g/mol. The molecule has 1 aromatic carbocycles. The van der Waals surface area contributed by atoms with E-state index in [4.69, 9.17) is 13.9 Å². The third kappa shape index (κ3) is 2.89. The van der Waals surface area contributed by atoms with Crippen LogP contribution in [0.15, 0.2) is 59.5 Å². The van der Waals surface area contributed by atoms with Crippen molar-refractivity contribution in [3.05, 3.63) is 66.4 Å². The highest BCUT2D eigenvalue weighted by molar-refractivity contribution is 7.22. The van der Waals surface area contributed by atoms with Gasteiger partial charge in [0.15, 0.2) is 22.4 Å². The van der Waals surface area contributed by atoms with Gasteiger partial charge in [0, 0.05) is 24.5 Å². The molecule has 4 aromatic rings. The maximum Gasteiger partial charge on any atom is 0.296 e. The largest absolute Gasteiger partial charge is 0.459 e. The van der Waals surface area contributed by atoms with Crippen molar-refractivity contribution in [3.8, 4) is 11.5 Å². The van der Waals surface area contributed by atoms with Crippen molar-refractivity contribution >= 4 is 32.6 Å². The van der Waals surface area contributed by atoms with Crippen molar-refractivity contribution in [1.82, 2.24) is 9.97 Å². The Bertz CT molecular complexity index is 1070. The van der Waals surface area contributed by atoms with E-state index in [1.54, 1.807) is 29.4 Å². The molecule has 27 heavy (non-hydrogen) atoms. The van der Waals surface area contributed by atoms with Gasteiger partial charge in [-0.1, -0.05) is 17.4 Å². The maximum atomic E-state index is 13.0. The molecule has 8 heteroatoms. The summed E-state index contributed by atoms with van der Waals surface area (Å²) in [6, 6.07) is 10.8. The molecule has 4 heterocycles. The second kappa shape index (κ2) is 6.40. The van der Waals surface area contributed by atoms with Gasteiger partial charge in [0.25, 0.3) is 5.91 Å². The lowest BCUT2D eigenvalue weighted by atomic mass is 10.2. The summed E-state index contributed by atoms with van der Waals surface area (Å²) in [5, 5.41) is 0.568. The van der Waals surface area contributed by atoms with Crippen LogP contribution in [0.1, 0.15) is 16.1 Å². The minimum absolute atomic E-state index is 0.212. The van der Waals surface area contributed by atoms with Crippen molar-refractivity contribution in [2.45, 2.75) is 6.54 Å². The number of hydrogen-bond acceptors (Lipinski definition) is 7. The Morgan fingerprint density at radius 1 is 1.19 bits per heavy atom. The fourth-order valence-electron chi connectivity index (χ4n) is 2.86. The van der Waals surface area contributed by atoms with Crippen LogP contribution < -0.4 is 14.4 Å². The molecule has 134 valence electrons. The van der Waals surface area contributed by atoms with Gasteiger partial charge in [-0.15, -0.1) is 0 Å². The molecule has 0 radical (unpaired) electrons. The number of ether oxygens (including phenoxy) is 2. The van der Waals surface area contributed by atoms with E-state index in [1.165, 1.54) is 17.6 Å². The van der Waals surface area contributed by atoms with Crippen molar-refractivity contribution < 1.29 is 18.7 Å². The van der Waals surface area contributed by atoms with Crippen LogP contribution in [0.25, 0.3) is 10.2 Å². The van der Waals surface area contributed by atoms with Gasteiger partial charge in [-0.05, 0) is 23.8 Å². The van der Waals surface area contributed by atoms with Crippen LogP contribution in [0.2, 0.25) is 0 Å². The number of rotatable bonds is 4. The zero-order valence-electron chi connectivity index (χ0n) is 14.0. The Morgan fingerprint density at radius 2 is 2.07 bits per heavy atom. The number of carbonyl (C=O) groups is 1. The lowest BCUT2D eigenvalue weighted by Gasteiger charge is -2.18. The van der Waals surface area contributed by atoms with E-state index in [-0.39, 0.29) is 18.5 Å². The molecule has 5 rings (SSSR count). The van der Waals surface area contributed by atoms with Crippen LogP contribution in [0.5, 0.6) is 11.5 Å². The van der Waals surface area contributed by atoms with Crippen molar-refractivity contribution in [2.24, 2.45) is 0 Å². The number of aromatic nitrogens is 2. The molecule has 7 nitrogen and oxygen atoms in total. The standard InChI is InChI=1S/C19H13N3O4S/c23-18(14-4-2-6-24-14)22(10-12-3-1-5-20-9-12)19-21-13-7-15-16(26-11-25-15)8-17(13)27-19/h1-9H,10-11H2. The van der Waals surface area contributed by atoms with Crippen molar-refractivity contribution in [3.63, 3.8) is 0 Å². The Hall–Kier alpha value is -3.39. The highest BCUT2D eigenvalue weighted by Gasteiger charge is 2.25. The fourth-order valence-corrected chi connectivity index (χ4v) is 3.83. The summed E-state index contributed by atoms with van der Waals surface area (Å²) >= 11 is 1.41. The molecule has 0 saturated heterocycles. The van der Waals surface area contributed by atoms with E-state index in [1.807, 2.05) is 24.3 Å². The average Bonchev–Trinajstić information content (AvgIpc) is 3.44. The molecule has 0 fully saturated rings. The first-order valence-corrected chi connectivity index (χ1v) is 9.04. The molecule has 0 unspecified atom stereocenters. The summed E-state index contributed by atoms with van der Waals surface area (Å²) in [6.45, 7) is 0.545. The van der Waals surface area contributed by atoms with Gasteiger partial charge in [0.1, 0.15) is 0 Å². The van der Waals surface area contributed by atoms with E-state index in [0.717, 1.165) is 15.8 Å². The Balaban J connectivity index is 1.57. The second-order valence-corrected chi connectivity index (χ2v) is 6.91. The van der Waals surface area contributed by atoms with E-state index >= 15 is 0 Å². The molecular weight excluding hydrogens is 366 g/mol. The summed E-state index contributed by atoms with van der Waals surface area (Å²) in [6.07, 6.45) is 4.90. The van der Waals surface area contributed by atoms with Gasteiger partial charge < -0.3 is 13.9 Å². The lowest BCUT2D eigenvalue weighted by molar-refractivity contribution is 0.0958. The van der Waals surface area contributed by atoms with E-state index in [2.05, 4.69) is 9.97 Å². The first kappa shape index (κ1) is 15.8. The van der Waals surface area contributed by atoms with Gasteiger partial charge in [-0.2, -0.15) is 0 Å². The molecule has 0 aliphatic carbocycles. The van der Waals surface area contributed by atoms with Gasteiger partial charge in [-0.3, -0.25) is 14.7 Å². The highest BCUT2D eigenvalue weighted by atomic mass is 32.1. The predicted molar refractivity (Wildman–Crippen MR) is 99.2 cm³/mol. The smallest absolute Gasteiger partial charge is 0.296 e. The Labute approximate surface area is 157 Å². The molecule has 0 N–H and O–H groups in total. The van der Waals surface area contributed by atoms with Crippen LogP contribution in [0.4, 0.5) is 5.13 Å². The quantitative estimate of drug-likeness (QED) is 0.536. The summed E-state index contributed by atoms with van der Waals surface area (Å²) in [5.41, 5.74) is 1.65. The van der Waals surface area contributed by atoms with Crippen LogP contribution in [-0.2, 0) is 6.54 Å². The fraction of sp³-hybridized carbons (Fsp3) is 0.105. The van der Waals surface area contributed by atoms with Gasteiger partial charge in [0.2, 0.25) is 6.79 Å². The maximum absolute atomic E-state index is 13.0. The van der Waals surface area contributed by atoms with E-state index in [9.17, 15) is 4.79 Å². The minimum atomic E-state index is -0.261. The third-order valence-corrected chi connectivity index (χ3v) is 5.18. The number of carbonyl (C=O) groups excluding carboxylic acids is 1. The normalized spacial score (nSPS) is 12.4.